The molecule has 12 aromatic rings. The number of benzene rings is 8. The molecule has 0 N–H and O–H groups in total. The van der Waals surface area contributed by atoms with E-state index in [0.29, 0.717) is 9.79 Å². The van der Waals surface area contributed by atoms with Crippen molar-refractivity contribution in [2.75, 3.05) is 43.9 Å². The van der Waals surface area contributed by atoms with E-state index < -0.39 is 24.6 Å². The lowest BCUT2D eigenvalue weighted by Crippen LogP contribution is -2.07. The number of nitrogens with zero attached hydrogens (tertiary/aromatic N) is 6. The third-order valence-corrected chi connectivity index (χ3v) is 21.6. The largest absolute Gasteiger partial charge is 0.378 e. The standard InChI is InChI=1S/C17H18N2S.C17H17NO2S2.C16H15NO2S2.C15H13NS.CH3Br.CH3NO2/c1-11-5-6-12(2)16-15(11)18-17(20-16)13-7-9-14(10-8-13)19(3)4;1-4-22(19,20)14-9-7-13(8-10-14)17-18-15-11(2)5-6-12(3)16(15)21-17;1-10-4-5-11(2)15-14(10)17-16(20-15)12-6-8-13(9-7-12)21(3,18)19;1-10-8-9-11(2)14-13(10)16-15(17-14)12-6-4-3-5-7-12;1-2;1-2(3)4/h5-10H,1-4H3;5-10H,4H2,1-3H3;4-9H,1-3H3;3-9H,1-2H3;1H3;1H3. The van der Waals surface area contributed by atoms with Gasteiger partial charge in [-0.05, 0) is 154 Å². The second-order valence-electron chi connectivity index (χ2n) is 20.6. The van der Waals surface area contributed by atoms with E-state index in [-0.39, 0.29) is 5.75 Å². The predicted octanol–water partition coefficient (Wildman–Crippen LogP) is 18.5. The van der Waals surface area contributed by atoms with Gasteiger partial charge in [0.25, 0.3) is 0 Å². The number of anilines is 1. The number of aryl methyl sites for hydroxylation is 8. The minimum Gasteiger partial charge on any atom is -0.378 e. The van der Waals surface area contributed by atoms with Gasteiger partial charge in [-0.1, -0.05) is 126 Å². The predicted molar refractivity (Wildman–Crippen MR) is 371 cm³/mol. The van der Waals surface area contributed by atoms with Crippen LogP contribution < -0.4 is 4.90 Å². The van der Waals surface area contributed by atoms with E-state index in [1.807, 2.05) is 36.2 Å². The van der Waals surface area contributed by atoms with Crippen LogP contribution in [0, 0.1) is 65.5 Å². The quantitative estimate of drug-likeness (QED) is 0.0807. The van der Waals surface area contributed by atoms with Gasteiger partial charge in [0.15, 0.2) is 26.7 Å². The van der Waals surface area contributed by atoms with Crippen molar-refractivity contribution in [3.05, 3.63) is 206 Å². The van der Waals surface area contributed by atoms with Crippen LogP contribution in [0.3, 0.4) is 0 Å². The average molecular weight is 1330 g/mol. The summed E-state index contributed by atoms with van der Waals surface area (Å²) in [5.74, 6) is 1.93. The van der Waals surface area contributed by atoms with Crippen molar-refractivity contribution in [3.8, 4) is 42.3 Å². The third kappa shape index (κ3) is 16.1. The van der Waals surface area contributed by atoms with Crippen LogP contribution in [-0.2, 0) is 19.7 Å². The normalized spacial score (nSPS) is 11.1. The molecule has 4 aromatic heterocycles. The maximum absolute atomic E-state index is 11.9. The number of hydrogen-bond acceptors (Lipinski definition) is 15. The molecule has 12 nitrogen and oxygen atoms in total. The lowest BCUT2D eigenvalue weighted by molar-refractivity contribution is -0.445. The highest BCUT2D eigenvalue weighted by Crippen LogP contribution is 2.38. The molecule has 0 unspecified atom stereocenters. The van der Waals surface area contributed by atoms with Crippen LogP contribution in [0.1, 0.15) is 51.4 Å². The van der Waals surface area contributed by atoms with Crippen LogP contribution in [0.25, 0.3) is 83.2 Å². The van der Waals surface area contributed by atoms with E-state index >= 15 is 0 Å². The Bertz CT molecular complexity index is 4400. The van der Waals surface area contributed by atoms with E-state index in [9.17, 15) is 16.8 Å². The van der Waals surface area contributed by atoms with Crippen LogP contribution in [0.15, 0.2) is 161 Å². The fourth-order valence-corrected chi connectivity index (χ4v) is 14.8. The molecule has 0 fully saturated rings. The summed E-state index contributed by atoms with van der Waals surface area (Å²) < 4.78 is 51.7. The van der Waals surface area contributed by atoms with Crippen LogP contribution in [-0.4, -0.2) is 80.7 Å². The fraction of sp³-hybridized carbons (Fsp3) is 0.224. The molecular weight excluding hydrogens is 1260 g/mol. The molecule has 86 heavy (non-hydrogen) atoms. The second-order valence-corrected chi connectivity index (χ2v) is 28.8. The highest BCUT2D eigenvalue weighted by atomic mass is 79.9. The van der Waals surface area contributed by atoms with Crippen molar-refractivity contribution in [2.24, 2.45) is 0 Å². The van der Waals surface area contributed by atoms with E-state index in [1.165, 1.54) is 75.3 Å². The number of aromatic nitrogens is 4. The first-order chi connectivity index (χ1) is 40.8. The van der Waals surface area contributed by atoms with E-state index in [2.05, 4.69) is 187 Å². The minimum absolute atomic E-state index is 0.117. The summed E-state index contributed by atoms with van der Waals surface area (Å²) in [6.07, 6.45) is 1.21. The van der Waals surface area contributed by atoms with Gasteiger partial charge in [-0.2, -0.15) is 0 Å². The van der Waals surface area contributed by atoms with E-state index in [4.69, 9.17) is 30.1 Å². The molecule has 19 heteroatoms. The number of hydrogen-bond donors (Lipinski definition) is 0. The molecule has 0 aliphatic rings. The van der Waals surface area contributed by atoms with Gasteiger partial charge in [0, 0.05) is 53.2 Å². The number of sulfone groups is 2. The van der Waals surface area contributed by atoms with Gasteiger partial charge >= 0.3 is 0 Å². The van der Waals surface area contributed by atoms with Crippen molar-refractivity contribution < 1.29 is 21.8 Å². The van der Waals surface area contributed by atoms with Crippen LogP contribution in [0.2, 0.25) is 0 Å². The number of halogens is 1. The van der Waals surface area contributed by atoms with Crippen LogP contribution in [0.5, 0.6) is 0 Å². The zero-order valence-electron chi connectivity index (χ0n) is 50.6. The molecule has 0 saturated carbocycles. The molecule has 0 spiro atoms. The third-order valence-electron chi connectivity index (χ3n) is 13.8. The van der Waals surface area contributed by atoms with Crippen LogP contribution in [0.4, 0.5) is 5.69 Å². The Balaban J connectivity index is 0.000000159. The monoisotopic (exact) mass is 1320 g/mol. The summed E-state index contributed by atoms with van der Waals surface area (Å²) in [6.45, 7) is 18.5. The molecular formula is C67H69BrN6O6S6. The number of nitro groups is 1. The topological polar surface area (TPSA) is 166 Å². The summed E-state index contributed by atoms with van der Waals surface area (Å²) in [5.41, 5.74) is 19.7. The van der Waals surface area contributed by atoms with Crippen molar-refractivity contribution in [3.63, 3.8) is 0 Å². The van der Waals surface area contributed by atoms with E-state index in [0.717, 1.165) is 71.4 Å². The molecule has 8 aromatic carbocycles. The molecule has 0 atom stereocenters. The number of alkyl halides is 1. The molecule has 12 rings (SSSR count). The van der Waals surface area contributed by atoms with Gasteiger partial charge in [0.05, 0.1) is 56.4 Å². The van der Waals surface area contributed by atoms with Crippen molar-refractivity contribution in [2.45, 2.75) is 72.1 Å². The Labute approximate surface area is 529 Å². The first kappa shape index (κ1) is 66.4. The average Bonchev–Trinajstić information content (AvgIpc) is 3.90. The maximum atomic E-state index is 11.9. The summed E-state index contributed by atoms with van der Waals surface area (Å²) >= 11 is 9.79. The highest BCUT2D eigenvalue weighted by molar-refractivity contribution is 9.08. The minimum atomic E-state index is -3.16. The van der Waals surface area contributed by atoms with Crippen molar-refractivity contribution >= 4 is 128 Å². The lowest BCUT2D eigenvalue weighted by Gasteiger charge is -2.11. The van der Waals surface area contributed by atoms with E-state index in [1.54, 1.807) is 76.5 Å². The van der Waals surface area contributed by atoms with Gasteiger partial charge in [0.1, 0.15) is 20.0 Å². The molecule has 0 aliphatic heterocycles. The summed E-state index contributed by atoms with van der Waals surface area (Å²) in [6, 6.07) is 49.9. The number of rotatable bonds is 8. The zero-order chi connectivity index (χ0) is 62.8. The molecule has 0 radical (unpaired) electrons. The maximum Gasteiger partial charge on any atom is 0.194 e. The Morgan fingerprint density at radius 3 is 0.942 bits per heavy atom. The molecule has 0 aliphatic carbocycles. The first-order valence-electron chi connectivity index (χ1n) is 27.2. The van der Waals surface area contributed by atoms with Gasteiger partial charge in [0.2, 0.25) is 0 Å². The number of fused-ring (bicyclic) bond motifs is 4. The van der Waals surface area contributed by atoms with Crippen molar-refractivity contribution in [1.82, 2.24) is 19.9 Å². The Morgan fingerprint density at radius 2 is 0.686 bits per heavy atom. The summed E-state index contributed by atoms with van der Waals surface area (Å²) in [7, 11) is -1.31. The van der Waals surface area contributed by atoms with Crippen molar-refractivity contribution in [1.29, 1.82) is 0 Å². The van der Waals surface area contributed by atoms with Crippen LogP contribution >= 0.6 is 61.3 Å². The first-order valence-corrected chi connectivity index (χ1v) is 35.6. The Hall–Kier alpha value is -7.10. The van der Waals surface area contributed by atoms with Gasteiger partial charge in [-0.25, -0.2) is 36.8 Å². The lowest BCUT2D eigenvalue weighted by atomic mass is 10.1. The van der Waals surface area contributed by atoms with Gasteiger partial charge < -0.3 is 4.90 Å². The SMILES string of the molecule is CBr.CCS(=O)(=O)c1ccc(-c2nc3c(C)ccc(C)c3s2)cc1.C[N+](=O)[O-].Cc1ccc(C)c2sc(-c3ccc(N(C)C)cc3)nc12.Cc1ccc(C)c2sc(-c3ccc(S(C)(=O)=O)cc3)nc12.Cc1ccc(C)c2sc(-c3ccccc3)nc12. The Morgan fingerprint density at radius 1 is 0.430 bits per heavy atom. The summed E-state index contributed by atoms with van der Waals surface area (Å²) in [5, 5.41) is 12.9. The van der Waals surface area contributed by atoms with Gasteiger partial charge in [-0.3, -0.25) is 10.1 Å². The second kappa shape index (κ2) is 29.1. The fourth-order valence-electron chi connectivity index (χ4n) is 8.83. The molecule has 0 bridgehead atoms. The highest BCUT2D eigenvalue weighted by Gasteiger charge is 2.16. The zero-order valence-corrected chi connectivity index (χ0v) is 57.1. The molecule has 0 amide bonds. The smallest absolute Gasteiger partial charge is 0.194 e. The molecule has 4 heterocycles. The van der Waals surface area contributed by atoms with Gasteiger partial charge in [-0.15, -0.1) is 45.3 Å². The molecule has 0 saturated heterocycles. The molecule has 446 valence electrons. The Kier molecular flexibility index (Phi) is 22.4. The number of thiazole rings is 4. The summed E-state index contributed by atoms with van der Waals surface area (Å²) in [4.78, 5) is 30.1.